The summed E-state index contributed by atoms with van der Waals surface area (Å²) in [5.74, 6) is -0.245. The van der Waals surface area contributed by atoms with Gasteiger partial charge >= 0.3 is 27.6 Å². The molecule has 0 saturated carbocycles. The standard InChI is InChI=1S/C43H82O14P2/c1-4-5-23-29-40-41(57-40)30-25-20-16-13-14-17-21-26-31-42(45)52-35-39(36-55-59(50,51)54-34-38(44)33-53-58(47,48)49)56-43(46)32-27-22-18-12-10-8-6-7-9-11-15-19-24-28-37(2)3/h20,25,37-41,44H,4-19,21-24,26-36H2,1-3H3,(H,50,51)(H2,47,48,49)/b25-20-/t38-,39+,40?,41?/m0/s1. The SMILES string of the molecule is CCCCCC1OC1C/C=C\CCCCCCCC(=O)OC[C@H](COP(=O)(O)OC[C@@H](O)COP(=O)(O)O)OC(=O)CCCCCCCCCCCCCCCC(C)C. The van der Waals surface area contributed by atoms with Crippen LogP contribution in [0.15, 0.2) is 12.2 Å². The van der Waals surface area contributed by atoms with E-state index >= 15 is 0 Å². The van der Waals surface area contributed by atoms with Crippen LogP contribution in [-0.4, -0.2) is 82.6 Å². The number of epoxide rings is 1. The third-order valence-electron chi connectivity index (χ3n) is 10.2. The van der Waals surface area contributed by atoms with Crippen molar-refractivity contribution >= 4 is 27.6 Å². The molecule has 3 unspecified atom stereocenters. The first-order chi connectivity index (χ1) is 28.2. The molecule has 1 saturated heterocycles. The van der Waals surface area contributed by atoms with Crippen LogP contribution in [0.1, 0.15) is 194 Å². The van der Waals surface area contributed by atoms with Gasteiger partial charge in [0.05, 0.1) is 32.0 Å². The Hall–Kier alpha value is -1.18. The molecule has 16 heteroatoms. The first-order valence-corrected chi connectivity index (χ1v) is 25.9. The number of phosphoric ester groups is 2. The fourth-order valence-corrected chi connectivity index (χ4v) is 7.81. The van der Waals surface area contributed by atoms with Gasteiger partial charge in [-0.3, -0.25) is 23.2 Å². The molecule has 1 fully saturated rings. The monoisotopic (exact) mass is 885 g/mol. The molecule has 0 aromatic rings. The Morgan fingerprint density at radius 1 is 0.627 bits per heavy atom. The first kappa shape index (κ1) is 55.8. The highest BCUT2D eigenvalue weighted by atomic mass is 31.2. The van der Waals surface area contributed by atoms with E-state index in [-0.39, 0.29) is 19.4 Å². The van der Waals surface area contributed by atoms with E-state index in [4.69, 9.17) is 33.0 Å². The van der Waals surface area contributed by atoms with Gasteiger partial charge in [-0.15, -0.1) is 0 Å². The molecule has 1 heterocycles. The second kappa shape index (κ2) is 35.3. The molecule has 5 atom stereocenters. The second-order valence-electron chi connectivity index (χ2n) is 16.5. The van der Waals surface area contributed by atoms with Gasteiger partial charge in [-0.2, -0.15) is 0 Å². The largest absolute Gasteiger partial charge is 0.472 e. The zero-order chi connectivity index (χ0) is 43.6. The number of carbonyl (C=O) groups is 2. The summed E-state index contributed by atoms with van der Waals surface area (Å²) < 4.78 is 53.6. The lowest BCUT2D eigenvalue weighted by atomic mass is 10.0. The summed E-state index contributed by atoms with van der Waals surface area (Å²) in [6, 6.07) is 0. The van der Waals surface area contributed by atoms with Gasteiger partial charge in [0, 0.05) is 12.8 Å². The zero-order valence-electron chi connectivity index (χ0n) is 36.7. The van der Waals surface area contributed by atoms with Gasteiger partial charge in [0.25, 0.3) is 0 Å². The number of hydrogen-bond acceptors (Lipinski definition) is 11. The first-order valence-electron chi connectivity index (χ1n) is 22.9. The molecule has 0 aromatic carbocycles. The molecule has 0 aromatic heterocycles. The van der Waals surface area contributed by atoms with Crippen LogP contribution in [0.3, 0.4) is 0 Å². The van der Waals surface area contributed by atoms with E-state index in [0.717, 1.165) is 63.7 Å². The van der Waals surface area contributed by atoms with Crippen LogP contribution in [0.2, 0.25) is 0 Å². The van der Waals surface area contributed by atoms with Gasteiger partial charge in [-0.1, -0.05) is 155 Å². The minimum absolute atomic E-state index is 0.130. The van der Waals surface area contributed by atoms with Crippen molar-refractivity contribution in [2.75, 3.05) is 26.4 Å². The van der Waals surface area contributed by atoms with E-state index in [9.17, 15) is 28.7 Å². The maximum atomic E-state index is 12.7. The minimum atomic E-state index is -4.86. The quantitative estimate of drug-likeness (QED) is 0.0148. The molecular weight excluding hydrogens is 802 g/mol. The Kier molecular flexibility index (Phi) is 33.4. The predicted octanol–water partition coefficient (Wildman–Crippen LogP) is 10.6. The average Bonchev–Trinajstić information content (AvgIpc) is 3.93. The number of phosphoric acid groups is 2. The highest BCUT2D eigenvalue weighted by Gasteiger charge is 2.36. The van der Waals surface area contributed by atoms with Crippen molar-refractivity contribution in [2.45, 2.75) is 219 Å². The lowest BCUT2D eigenvalue weighted by Crippen LogP contribution is -2.30. The molecule has 348 valence electrons. The third-order valence-corrected chi connectivity index (χ3v) is 11.7. The van der Waals surface area contributed by atoms with Gasteiger partial charge < -0.3 is 34.0 Å². The van der Waals surface area contributed by atoms with E-state index < -0.39 is 59.6 Å². The summed E-state index contributed by atoms with van der Waals surface area (Å²) >= 11 is 0. The van der Waals surface area contributed by atoms with Crippen LogP contribution in [0.4, 0.5) is 0 Å². The van der Waals surface area contributed by atoms with E-state index in [1.54, 1.807) is 0 Å². The fraction of sp³-hybridized carbons (Fsp3) is 0.907. The Labute approximate surface area is 356 Å². The highest BCUT2D eigenvalue weighted by Crippen LogP contribution is 2.44. The Morgan fingerprint density at radius 2 is 1.15 bits per heavy atom. The van der Waals surface area contributed by atoms with Crippen molar-refractivity contribution in [1.29, 1.82) is 0 Å². The van der Waals surface area contributed by atoms with E-state index in [1.807, 2.05) is 0 Å². The zero-order valence-corrected chi connectivity index (χ0v) is 38.5. The lowest BCUT2D eigenvalue weighted by Gasteiger charge is -2.20. The molecule has 14 nitrogen and oxygen atoms in total. The van der Waals surface area contributed by atoms with E-state index in [0.29, 0.717) is 25.0 Å². The average molecular weight is 885 g/mol. The molecule has 1 aliphatic heterocycles. The van der Waals surface area contributed by atoms with E-state index in [2.05, 4.69) is 37.4 Å². The molecule has 4 N–H and O–H groups in total. The maximum Gasteiger partial charge on any atom is 0.472 e. The number of rotatable bonds is 42. The molecule has 0 aliphatic carbocycles. The number of hydrogen-bond donors (Lipinski definition) is 4. The summed E-state index contributed by atoms with van der Waals surface area (Å²) in [6.45, 7) is 4.06. The summed E-state index contributed by atoms with van der Waals surface area (Å²) in [5, 5.41) is 9.75. The van der Waals surface area contributed by atoms with Crippen molar-refractivity contribution in [2.24, 2.45) is 5.92 Å². The van der Waals surface area contributed by atoms with Crippen LogP contribution in [0.25, 0.3) is 0 Å². The molecule has 59 heavy (non-hydrogen) atoms. The summed E-state index contributed by atoms with van der Waals surface area (Å²) in [4.78, 5) is 52.8. The van der Waals surface area contributed by atoms with Gasteiger partial charge in [0.1, 0.15) is 12.7 Å². The number of unbranched alkanes of at least 4 members (excludes halogenated alkanes) is 19. The van der Waals surface area contributed by atoms with Gasteiger partial charge in [0.2, 0.25) is 0 Å². The van der Waals surface area contributed by atoms with Crippen molar-refractivity contribution in [3.63, 3.8) is 0 Å². The molecule has 1 aliphatic rings. The van der Waals surface area contributed by atoms with Crippen LogP contribution >= 0.6 is 15.6 Å². The number of aliphatic hydroxyl groups excluding tert-OH is 1. The molecular formula is C43H82O14P2. The lowest BCUT2D eigenvalue weighted by molar-refractivity contribution is -0.161. The number of esters is 2. The van der Waals surface area contributed by atoms with Gasteiger partial charge in [0.15, 0.2) is 6.10 Å². The summed E-state index contributed by atoms with van der Waals surface area (Å²) in [7, 11) is -9.67. The Bertz CT molecular complexity index is 1180. The molecule has 0 amide bonds. The minimum Gasteiger partial charge on any atom is -0.462 e. The van der Waals surface area contributed by atoms with Crippen molar-refractivity contribution in [1.82, 2.24) is 0 Å². The summed E-state index contributed by atoms with van der Waals surface area (Å²) in [5.41, 5.74) is 0. The topological polar surface area (TPSA) is 208 Å². The van der Waals surface area contributed by atoms with Crippen LogP contribution in [-0.2, 0) is 46.5 Å². The summed E-state index contributed by atoms with van der Waals surface area (Å²) in [6.07, 6.45) is 30.9. The van der Waals surface area contributed by atoms with E-state index in [1.165, 1.54) is 89.9 Å². The smallest absolute Gasteiger partial charge is 0.462 e. The highest BCUT2D eigenvalue weighted by molar-refractivity contribution is 7.47. The third kappa shape index (κ3) is 37.1. The van der Waals surface area contributed by atoms with Gasteiger partial charge in [-0.05, 0) is 44.4 Å². The molecule has 0 bridgehead atoms. The second-order valence-corrected chi connectivity index (χ2v) is 19.2. The van der Waals surface area contributed by atoms with Crippen molar-refractivity contribution in [3.8, 4) is 0 Å². The maximum absolute atomic E-state index is 12.7. The molecule has 0 radical (unpaired) electrons. The van der Waals surface area contributed by atoms with Crippen molar-refractivity contribution in [3.05, 3.63) is 12.2 Å². The number of allylic oxidation sites excluding steroid dienone is 1. The Morgan fingerprint density at radius 3 is 1.73 bits per heavy atom. The predicted molar refractivity (Wildman–Crippen MR) is 230 cm³/mol. The Balaban J connectivity index is 2.33. The van der Waals surface area contributed by atoms with Crippen molar-refractivity contribution < 1.29 is 66.3 Å². The van der Waals surface area contributed by atoms with Crippen LogP contribution in [0, 0.1) is 5.92 Å². The fourth-order valence-electron chi connectivity index (χ4n) is 6.66. The normalized spacial score (nSPS) is 17.6. The number of carbonyl (C=O) groups excluding carboxylic acids is 2. The number of aliphatic hydroxyl groups is 1. The van der Waals surface area contributed by atoms with Crippen LogP contribution in [0.5, 0.6) is 0 Å². The molecule has 0 spiro atoms. The molecule has 1 rings (SSSR count). The number of ether oxygens (including phenoxy) is 3. The van der Waals surface area contributed by atoms with Crippen LogP contribution < -0.4 is 0 Å². The van der Waals surface area contributed by atoms with Gasteiger partial charge in [-0.25, -0.2) is 9.13 Å².